The maximum Gasteiger partial charge on any atom is 0.125 e. The Kier molecular flexibility index (Phi) is 4.81. The van der Waals surface area contributed by atoms with E-state index in [0.717, 1.165) is 16.7 Å². The van der Waals surface area contributed by atoms with Crippen molar-refractivity contribution in [3.63, 3.8) is 0 Å². The van der Waals surface area contributed by atoms with Crippen molar-refractivity contribution in [2.45, 2.75) is 12.3 Å². The molecule has 10 heavy (non-hydrogen) atoms. The highest BCUT2D eigenvalue weighted by Crippen LogP contribution is 2.00. The third-order valence-electron chi connectivity index (χ3n) is 0.989. The van der Waals surface area contributed by atoms with Gasteiger partial charge >= 0.3 is 0 Å². The van der Waals surface area contributed by atoms with Gasteiger partial charge in [0.1, 0.15) is 5.82 Å². The van der Waals surface area contributed by atoms with Gasteiger partial charge in [0.25, 0.3) is 0 Å². The summed E-state index contributed by atoms with van der Waals surface area (Å²) in [6.07, 6.45) is 3.63. The smallest absolute Gasteiger partial charge is 0.125 e. The summed E-state index contributed by atoms with van der Waals surface area (Å²) in [6.45, 7) is 1.87. The number of aromatic nitrogens is 2. The maximum atomic E-state index is 4.01. The highest BCUT2D eigenvalue weighted by Gasteiger charge is 1.88. The molecule has 0 radical (unpaired) electrons. The summed E-state index contributed by atoms with van der Waals surface area (Å²) in [6, 6.07) is 0. The molecule has 1 rings (SSSR count). The van der Waals surface area contributed by atoms with Gasteiger partial charge in [0.15, 0.2) is 0 Å². The van der Waals surface area contributed by atoms with Crippen molar-refractivity contribution in [1.29, 1.82) is 0 Å². The largest absolute Gasteiger partial charge is 0.241 e. The van der Waals surface area contributed by atoms with Crippen molar-refractivity contribution >= 4 is 32.9 Å². The van der Waals surface area contributed by atoms with Gasteiger partial charge in [-0.2, -0.15) is 0 Å². The fourth-order valence-corrected chi connectivity index (χ4v) is 0.778. The zero-order valence-corrected chi connectivity index (χ0v) is 8.84. The minimum Gasteiger partial charge on any atom is -0.241 e. The monoisotopic (exact) mass is 266 g/mol. The lowest BCUT2D eigenvalue weighted by atomic mass is 10.4. The molecule has 0 atom stereocenters. The molecule has 1 heterocycles. The first-order valence-corrected chi connectivity index (χ1v) is 3.78. The number of hydrogen-bond acceptors (Lipinski definition) is 2. The standard InChI is InChI=1S/C6H7BrN2.BrH/c1-5-8-3-6(2-7)4-9-5;/h3-4H,2H2,1H3;1H. The van der Waals surface area contributed by atoms with Crippen LogP contribution in [0.25, 0.3) is 0 Å². The van der Waals surface area contributed by atoms with Gasteiger partial charge in [-0.3, -0.25) is 0 Å². The predicted molar refractivity (Wildman–Crippen MR) is 49.7 cm³/mol. The Bertz CT molecular complexity index is 185. The van der Waals surface area contributed by atoms with Crippen LogP contribution in [0.15, 0.2) is 12.4 Å². The third-order valence-corrected chi connectivity index (χ3v) is 1.64. The molecular weight excluding hydrogens is 260 g/mol. The fourth-order valence-electron chi connectivity index (χ4n) is 0.488. The number of aryl methyl sites for hydroxylation is 1. The highest BCUT2D eigenvalue weighted by molar-refractivity contribution is 9.08. The van der Waals surface area contributed by atoms with Crippen molar-refractivity contribution in [3.05, 3.63) is 23.8 Å². The van der Waals surface area contributed by atoms with Gasteiger partial charge in [-0.1, -0.05) is 15.9 Å². The van der Waals surface area contributed by atoms with E-state index in [0.29, 0.717) is 0 Å². The fraction of sp³-hybridized carbons (Fsp3) is 0.333. The summed E-state index contributed by atoms with van der Waals surface area (Å²) in [5, 5.41) is 0.827. The van der Waals surface area contributed by atoms with Gasteiger partial charge in [0.05, 0.1) is 0 Å². The van der Waals surface area contributed by atoms with E-state index in [-0.39, 0.29) is 17.0 Å². The molecule has 56 valence electrons. The molecule has 0 saturated carbocycles. The van der Waals surface area contributed by atoms with Crippen LogP contribution in [0.1, 0.15) is 11.4 Å². The normalized spacial score (nSPS) is 8.60. The number of hydrogen-bond donors (Lipinski definition) is 0. The van der Waals surface area contributed by atoms with E-state index >= 15 is 0 Å². The first-order chi connectivity index (χ1) is 4.33. The topological polar surface area (TPSA) is 25.8 Å². The number of rotatable bonds is 1. The van der Waals surface area contributed by atoms with Crippen LogP contribution in [0.3, 0.4) is 0 Å². The first-order valence-electron chi connectivity index (χ1n) is 2.66. The molecule has 0 aliphatic heterocycles. The molecule has 0 bridgehead atoms. The van der Waals surface area contributed by atoms with Crippen LogP contribution in [-0.4, -0.2) is 9.97 Å². The van der Waals surface area contributed by atoms with E-state index in [4.69, 9.17) is 0 Å². The summed E-state index contributed by atoms with van der Waals surface area (Å²) >= 11 is 3.30. The van der Waals surface area contributed by atoms with E-state index in [9.17, 15) is 0 Å². The van der Waals surface area contributed by atoms with Crippen molar-refractivity contribution in [3.8, 4) is 0 Å². The van der Waals surface area contributed by atoms with Crippen LogP contribution in [-0.2, 0) is 5.33 Å². The summed E-state index contributed by atoms with van der Waals surface area (Å²) in [4.78, 5) is 8.02. The Morgan fingerprint density at radius 2 is 1.90 bits per heavy atom. The molecule has 0 unspecified atom stereocenters. The van der Waals surface area contributed by atoms with Gasteiger partial charge in [0, 0.05) is 17.7 Å². The molecule has 1 aromatic rings. The van der Waals surface area contributed by atoms with Crippen LogP contribution in [0.2, 0.25) is 0 Å². The van der Waals surface area contributed by atoms with Gasteiger partial charge < -0.3 is 0 Å². The molecule has 0 aliphatic carbocycles. The quantitative estimate of drug-likeness (QED) is 0.730. The summed E-state index contributed by atoms with van der Waals surface area (Å²) in [5.41, 5.74) is 1.11. The lowest BCUT2D eigenvalue weighted by molar-refractivity contribution is 1.03. The van der Waals surface area contributed by atoms with E-state index in [1.54, 1.807) is 0 Å². The average molecular weight is 268 g/mol. The average Bonchev–Trinajstić information content (AvgIpc) is 1.90. The molecular formula is C6H8Br2N2. The third kappa shape index (κ3) is 2.75. The van der Waals surface area contributed by atoms with Gasteiger partial charge in [0.2, 0.25) is 0 Å². The zero-order chi connectivity index (χ0) is 6.69. The predicted octanol–water partition coefficient (Wildman–Crippen LogP) is 2.26. The summed E-state index contributed by atoms with van der Waals surface area (Å²) < 4.78 is 0. The lowest BCUT2D eigenvalue weighted by Crippen LogP contribution is -1.87. The van der Waals surface area contributed by atoms with Gasteiger partial charge in [-0.25, -0.2) is 9.97 Å². The van der Waals surface area contributed by atoms with Crippen molar-refractivity contribution in [1.82, 2.24) is 9.97 Å². The summed E-state index contributed by atoms with van der Waals surface area (Å²) in [5.74, 6) is 0.819. The van der Waals surface area contributed by atoms with Crippen LogP contribution in [0.5, 0.6) is 0 Å². The van der Waals surface area contributed by atoms with Gasteiger partial charge in [-0.15, -0.1) is 17.0 Å². The van der Waals surface area contributed by atoms with Crippen molar-refractivity contribution in [2.24, 2.45) is 0 Å². The Labute approximate surface area is 79.0 Å². The van der Waals surface area contributed by atoms with E-state index in [1.807, 2.05) is 19.3 Å². The van der Waals surface area contributed by atoms with E-state index in [2.05, 4.69) is 25.9 Å². The Hall–Kier alpha value is 0.0400. The molecule has 4 heteroatoms. The number of alkyl halides is 1. The minimum atomic E-state index is 0. The molecule has 0 fully saturated rings. The maximum absolute atomic E-state index is 4.01. The van der Waals surface area contributed by atoms with Crippen LogP contribution >= 0.6 is 32.9 Å². The van der Waals surface area contributed by atoms with Gasteiger partial charge in [-0.05, 0) is 12.5 Å². The summed E-state index contributed by atoms with van der Waals surface area (Å²) in [7, 11) is 0. The molecule has 0 amide bonds. The number of halogens is 2. The van der Waals surface area contributed by atoms with E-state index in [1.165, 1.54) is 0 Å². The second-order valence-corrected chi connectivity index (χ2v) is 2.33. The van der Waals surface area contributed by atoms with Crippen LogP contribution in [0, 0.1) is 6.92 Å². The van der Waals surface area contributed by atoms with Crippen LogP contribution < -0.4 is 0 Å². The second-order valence-electron chi connectivity index (χ2n) is 1.77. The molecule has 0 spiro atoms. The molecule has 0 aliphatic rings. The lowest BCUT2D eigenvalue weighted by Gasteiger charge is -1.91. The molecule has 0 saturated heterocycles. The first kappa shape index (κ1) is 10.0. The van der Waals surface area contributed by atoms with Crippen LogP contribution in [0.4, 0.5) is 0 Å². The van der Waals surface area contributed by atoms with E-state index < -0.39 is 0 Å². The Balaban J connectivity index is 0.000000810. The SMILES string of the molecule is Br.Cc1ncc(CBr)cn1. The molecule has 1 aromatic heterocycles. The Morgan fingerprint density at radius 3 is 2.30 bits per heavy atom. The second kappa shape index (κ2) is 4.79. The molecule has 2 nitrogen and oxygen atoms in total. The highest BCUT2D eigenvalue weighted by atomic mass is 79.9. The molecule has 0 N–H and O–H groups in total. The van der Waals surface area contributed by atoms with Crippen molar-refractivity contribution < 1.29 is 0 Å². The molecule has 0 aromatic carbocycles. The van der Waals surface area contributed by atoms with Crippen molar-refractivity contribution in [2.75, 3.05) is 0 Å². The number of nitrogens with zero attached hydrogens (tertiary/aromatic N) is 2. The Morgan fingerprint density at radius 1 is 1.40 bits per heavy atom. The zero-order valence-electron chi connectivity index (χ0n) is 5.54. The minimum absolute atomic E-state index is 0.